The molecule has 3 rings (SSSR count). The van der Waals surface area contributed by atoms with Gasteiger partial charge in [-0.1, -0.05) is 0 Å². The van der Waals surface area contributed by atoms with Crippen molar-refractivity contribution in [2.24, 2.45) is 0 Å². The van der Waals surface area contributed by atoms with Crippen molar-refractivity contribution < 1.29 is 13.5 Å². The van der Waals surface area contributed by atoms with Crippen LogP contribution in [-0.4, -0.2) is 27.6 Å². The third-order valence-electron chi connectivity index (χ3n) is 3.68. The van der Waals surface area contributed by atoms with Crippen LogP contribution in [0.3, 0.4) is 0 Å². The van der Waals surface area contributed by atoms with Gasteiger partial charge in [-0.15, -0.1) is 0 Å². The van der Waals surface area contributed by atoms with E-state index in [0.29, 0.717) is 17.7 Å². The standard InChI is InChI=1S/C17H17F2N3OS/c18-16(19)23-15-5-1-13(2-6-15)21-17(24)22(14-3-4-14)11-12-7-9-20-10-8-12/h1-2,5-10,14,16H,3-4,11H2,(H,21,24). The zero-order chi connectivity index (χ0) is 16.9. The average Bonchev–Trinajstić information content (AvgIpc) is 3.40. The lowest BCUT2D eigenvalue weighted by Gasteiger charge is -2.26. The summed E-state index contributed by atoms with van der Waals surface area (Å²) in [5.41, 5.74) is 1.88. The summed E-state index contributed by atoms with van der Waals surface area (Å²) in [6.07, 6.45) is 5.76. The van der Waals surface area contributed by atoms with Crippen LogP contribution in [0.15, 0.2) is 48.8 Å². The number of alkyl halides is 2. The molecule has 0 bridgehead atoms. The highest BCUT2D eigenvalue weighted by molar-refractivity contribution is 7.80. The second-order valence-corrected chi connectivity index (χ2v) is 5.93. The normalized spacial score (nSPS) is 13.6. The van der Waals surface area contributed by atoms with E-state index in [1.807, 2.05) is 12.1 Å². The Labute approximate surface area is 144 Å². The number of nitrogens with one attached hydrogen (secondary N) is 1. The van der Waals surface area contributed by atoms with Crippen molar-refractivity contribution in [3.63, 3.8) is 0 Å². The number of rotatable bonds is 6. The highest BCUT2D eigenvalue weighted by atomic mass is 32.1. The van der Waals surface area contributed by atoms with Crippen LogP contribution in [0.2, 0.25) is 0 Å². The summed E-state index contributed by atoms with van der Waals surface area (Å²) in [6.45, 7) is -2.11. The quantitative estimate of drug-likeness (QED) is 0.797. The fourth-order valence-electron chi connectivity index (χ4n) is 2.35. The van der Waals surface area contributed by atoms with Crippen molar-refractivity contribution in [3.8, 4) is 5.75 Å². The van der Waals surface area contributed by atoms with E-state index >= 15 is 0 Å². The van der Waals surface area contributed by atoms with Crippen molar-refractivity contribution in [1.29, 1.82) is 0 Å². The van der Waals surface area contributed by atoms with Crippen LogP contribution in [0.4, 0.5) is 14.5 Å². The Morgan fingerprint density at radius 1 is 1.21 bits per heavy atom. The monoisotopic (exact) mass is 349 g/mol. The molecule has 0 atom stereocenters. The molecule has 7 heteroatoms. The first kappa shape index (κ1) is 16.6. The van der Waals surface area contributed by atoms with Gasteiger partial charge in [0.15, 0.2) is 5.11 Å². The third kappa shape index (κ3) is 4.61. The minimum absolute atomic E-state index is 0.123. The molecule has 0 aliphatic heterocycles. The van der Waals surface area contributed by atoms with Crippen LogP contribution in [-0.2, 0) is 6.54 Å². The van der Waals surface area contributed by atoms with Crippen molar-refractivity contribution in [3.05, 3.63) is 54.4 Å². The van der Waals surface area contributed by atoms with Gasteiger partial charge >= 0.3 is 6.61 Å². The highest BCUT2D eigenvalue weighted by Crippen LogP contribution is 2.29. The number of thiocarbonyl (C=S) groups is 1. The van der Waals surface area contributed by atoms with Gasteiger partial charge in [0, 0.05) is 30.7 Å². The van der Waals surface area contributed by atoms with Gasteiger partial charge in [-0.05, 0) is 67.0 Å². The Bertz CT molecular complexity index is 678. The molecule has 0 radical (unpaired) electrons. The number of hydrogen-bond acceptors (Lipinski definition) is 3. The predicted octanol–water partition coefficient (Wildman–Crippen LogP) is 4.04. The first-order valence-corrected chi connectivity index (χ1v) is 8.04. The largest absolute Gasteiger partial charge is 0.435 e. The Kier molecular flexibility index (Phi) is 5.20. The Hall–Kier alpha value is -2.28. The van der Waals surface area contributed by atoms with E-state index in [4.69, 9.17) is 12.2 Å². The van der Waals surface area contributed by atoms with E-state index in [2.05, 4.69) is 19.9 Å². The van der Waals surface area contributed by atoms with Gasteiger partial charge in [0.1, 0.15) is 5.75 Å². The smallest absolute Gasteiger partial charge is 0.387 e. The lowest BCUT2D eigenvalue weighted by atomic mass is 10.2. The van der Waals surface area contributed by atoms with E-state index < -0.39 is 6.61 Å². The second kappa shape index (κ2) is 7.53. The number of ether oxygens (including phenoxy) is 1. The molecule has 1 aromatic carbocycles. The molecular weight excluding hydrogens is 332 g/mol. The van der Waals surface area contributed by atoms with Crippen molar-refractivity contribution in [1.82, 2.24) is 9.88 Å². The number of halogens is 2. The van der Waals surface area contributed by atoms with Gasteiger partial charge in [-0.3, -0.25) is 4.98 Å². The molecule has 4 nitrogen and oxygen atoms in total. The van der Waals surface area contributed by atoms with Gasteiger partial charge in [0.2, 0.25) is 0 Å². The molecule has 0 amide bonds. The topological polar surface area (TPSA) is 37.4 Å². The minimum Gasteiger partial charge on any atom is -0.435 e. The number of benzene rings is 1. The molecule has 0 spiro atoms. The van der Waals surface area contributed by atoms with Gasteiger partial charge in [0.25, 0.3) is 0 Å². The number of hydrogen-bond donors (Lipinski definition) is 1. The second-order valence-electron chi connectivity index (χ2n) is 5.55. The van der Waals surface area contributed by atoms with Crippen LogP contribution in [0, 0.1) is 0 Å². The van der Waals surface area contributed by atoms with Gasteiger partial charge in [-0.25, -0.2) is 0 Å². The van der Waals surface area contributed by atoms with Crippen molar-refractivity contribution in [2.75, 3.05) is 5.32 Å². The van der Waals surface area contributed by atoms with Crippen LogP contribution >= 0.6 is 12.2 Å². The van der Waals surface area contributed by atoms with Gasteiger partial charge in [-0.2, -0.15) is 8.78 Å². The van der Waals surface area contributed by atoms with Crippen LogP contribution in [0.25, 0.3) is 0 Å². The molecule has 1 fully saturated rings. The molecule has 1 aliphatic carbocycles. The molecule has 0 unspecified atom stereocenters. The Morgan fingerprint density at radius 2 is 1.88 bits per heavy atom. The summed E-state index contributed by atoms with van der Waals surface area (Å²) in [5.74, 6) is 0.123. The summed E-state index contributed by atoms with van der Waals surface area (Å²) in [7, 11) is 0. The molecular formula is C17H17F2N3OS. The molecule has 24 heavy (non-hydrogen) atoms. The van der Waals surface area contributed by atoms with Crippen molar-refractivity contribution in [2.45, 2.75) is 32.0 Å². The molecule has 1 aromatic heterocycles. The molecule has 1 aliphatic rings. The molecule has 1 heterocycles. The van der Waals surface area contributed by atoms with E-state index in [1.165, 1.54) is 12.1 Å². The lowest BCUT2D eigenvalue weighted by molar-refractivity contribution is -0.0498. The first-order chi connectivity index (χ1) is 11.6. The Balaban J connectivity index is 1.63. The molecule has 1 saturated carbocycles. The lowest BCUT2D eigenvalue weighted by Crippen LogP contribution is -2.36. The molecule has 126 valence electrons. The predicted molar refractivity (Wildman–Crippen MR) is 92.1 cm³/mol. The number of pyridine rings is 1. The van der Waals surface area contributed by atoms with Crippen LogP contribution in [0.1, 0.15) is 18.4 Å². The fraction of sp³-hybridized carbons (Fsp3) is 0.294. The maximum absolute atomic E-state index is 12.2. The maximum Gasteiger partial charge on any atom is 0.387 e. The minimum atomic E-state index is -2.82. The zero-order valence-corrected chi connectivity index (χ0v) is 13.7. The number of anilines is 1. The summed E-state index contributed by atoms with van der Waals surface area (Å²) < 4.78 is 28.7. The van der Waals surface area contributed by atoms with E-state index in [0.717, 1.165) is 24.1 Å². The van der Waals surface area contributed by atoms with Crippen LogP contribution in [0.5, 0.6) is 5.75 Å². The maximum atomic E-state index is 12.2. The fourth-order valence-corrected chi connectivity index (χ4v) is 2.68. The van der Waals surface area contributed by atoms with E-state index in [-0.39, 0.29) is 5.75 Å². The Morgan fingerprint density at radius 3 is 2.46 bits per heavy atom. The molecule has 2 aromatic rings. The first-order valence-electron chi connectivity index (χ1n) is 7.63. The van der Waals surface area contributed by atoms with Gasteiger partial charge < -0.3 is 15.0 Å². The summed E-state index contributed by atoms with van der Waals surface area (Å²) in [5, 5.41) is 3.78. The highest BCUT2D eigenvalue weighted by Gasteiger charge is 2.30. The van der Waals surface area contributed by atoms with Crippen LogP contribution < -0.4 is 10.1 Å². The number of aromatic nitrogens is 1. The average molecular weight is 349 g/mol. The molecule has 1 N–H and O–H groups in total. The summed E-state index contributed by atoms with van der Waals surface area (Å²) in [4.78, 5) is 6.17. The summed E-state index contributed by atoms with van der Waals surface area (Å²) >= 11 is 5.52. The third-order valence-corrected chi connectivity index (χ3v) is 4.02. The molecule has 0 saturated heterocycles. The van der Waals surface area contributed by atoms with Crippen molar-refractivity contribution >= 4 is 23.0 Å². The number of nitrogens with zero attached hydrogens (tertiary/aromatic N) is 2. The van der Waals surface area contributed by atoms with Gasteiger partial charge in [0.05, 0.1) is 0 Å². The SMILES string of the molecule is FC(F)Oc1ccc(NC(=S)N(Cc2ccncc2)C2CC2)cc1. The van der Waals surface area contributed by atoms with E-state index in [1.54, 1.807) is 24.5 Å². The summed E-state index contributed by atoms with van der Waals surface area (Å²) in [6, 6.07) is 10.7. The zero-order valence-electron chi connectivity index (χ0n) is 12.9. The van der Waals surface area contributed by atoms with E-state index in [9.17, 15) is 8.78 Å².